The lowest BCUT2D eigenvalue weighted by Gasteiger charge is -2.19. The van der Waals surface area contributed by atoms with Crippen LogP contribution in [0.25, 0.3) is 22.0 Å². The standard InChI is InChI=1S/C24H28NO3/c1-5-11-28-24-20-15-25-10-9-18-12-16(3)23(27-6-2)14-19(18)21(25)13-17(20)7-8-22(24)26-4/h7-8,12-15H,5-6,9-11H2,1-4H3/q+1. The van der Waals surface area contributed by atoms with Gasteiger partial charge in [-0.3, -0.25) is 0 Å². The molecule has 2 aromatic carbocycles. The number of benzene rings is 2. The quantitative estimate of drug-likeness (QED) is 0.574. The third-order valence-electron chi connectivity index (χ3n) is 5.35. The van der Waals surface area contributed by atoms with Crippen molar-refractivity contribution in [3.05, 3.63) is 47.7 Å². The second kappa shape index (κ2) is 7.70. The molecule has 0 bridgehead atoms. The SMILES string of the molecule is CCCOc1c(OC)ccc2cc3[n+](cc12)CCc1cc(C)c(OCC)cc1-3. The molecular weight excluding hydrogens is 350 g/mol. The van der Waals surface area contributed by atoms with Gasteiger partial charge in [-0.2, -0.15) is 4.57 Å². The van der Waals surface area contributed by atoms with Crippen molar-refractivity contribution in [3.8, 4) is 28.5 Å². The highest BCUT2D eigenvalue weighted by atomic mass is 16.5. The summed E-state index contributed by atoms with van der Waals surface area (Å²) in [4.78, 5) is 0. The minimum absolute atomic E-state index is 0.676. The van der Waals surface area contributed by atoms with Crippen molar-refractivity contribution in [2.75, 3.05) is 20.3 Å². The number of hydrogen-bond acceptors (Lipinski definition) is 3. The van der Waals surface area contributed by atoms with Gasteiger partial charge in [0.15, 0.2) is 24.2 Å². The maximum Gasteiger partial charge on any atom is 0.213 e. The molecule has 3 aromatic rings. The van der Waals surface area contributed by atoms with Gasteiger partial charge in [0.25, 0.3) is 0 Å². The Kier molecular flexibility index (Phi) is 5.12. The fourth-order valence-electron chi connectivity index (χ4n) is 3.99. The molecule has 1 aliphatic rings. The zero-order valence-electron chi connectivity index (χ0n) is 17.2. The molecule has 0 amide bonds. The summed E-state index contributed by atoms with van der Waals surface area (Å²) in [6.07, 6.45) is 4.19. The van der Waals surface area contributed by atoms with E-state index < -0.39 is 0 Å². The van der Waals surface area contributed by atoms with Crippen LogP contribution in [0, 0.1) is 6.92 Å². The third kappa shape index (κ3) is 3.17. The van der Waals surface area contributed by atoms with Gasteiger partial charge in [-0.15, -0.1) is 0 Å². The molecule has 4 heteroatoms. The molecule has 0 unspecified atom stereocenters. The molecule has 0 N–H and O–H groups in total. The molecule has 0 aliphatic carbocycles. The van der Waals surface area contributed by atoms with Crippen LogP contribution in [0.5, 0.6) is 17.2 Å². The Bertz CT molecular complexity index is 1030. The van der Waals surface area contributed by atoms with Gasteiger partial charge < -0.3 is 14.2 Å². The second-order valence-corrected chi connectivity index (χ2v) is 7.26. The first-order valence-corrected chi connectivity index (χ1v) is 10.1. The predicted octanol–water partition coefficient (Wildman–Crippen LogP) is 4.85. The summed E-state index contributed by atoms with van der Waals surface area (Å²) in [6, 6.07) is 10.8. The Morgan fingerprint density at radius 2 is 1.89 bits per heavy atom. The maximum atomic E-state index is 6.06. The molecule has 146 valence electrons. The molecule has 4 rings (SSSR count). The molecule has 0 fully saturated rings. The summed E-state index contributed by atoms with van der Waals surface area (Å²) in [5.74, 6) is 2.59. The van der Waals surface area contributed by atoms with Gasteiger partial charge in [0, 0.05) is 12.5 Å². The van der Waals surface area contributed by atoms with E-state index in [2.05, 4.69) is 48.9 Å². The van der Waals surface area contributed by atoms with E-state index in [1.165, 1.54) is 22.4 Å². The molecule has 0 atom stereocenters. The molecular formula is C24H28NO3+. The summed E-state index contributed by atoms with van der Waals surface area (Å²) in [6.45, 7) is 8.57. The van der Waals surface area contributed by atoms with E-state index in [1.807, 2.05) is 13.0 Å². The highest BCUT2D eigenvalue weighted by Crippen LogP contribution is 2.38. The first-order valence-electron chi connectivity index (χ1n) is 10.1. The summed E-state index contributed by atoms with van der Waals surface area (Å²) in [5.41, 5.74) is 5.07. The first-order chi connectivity index (χ1) is 13.7. The van der Waals surface area contributed by atoms with Crippen molar-refractivity contribution in [2.24, 2.45) is 0 Å². The summed E-state index contributed by atoms with van der Waals surface area (Å²) in [5, 5.41) is 2.25. The fourth-order valence-corrected chi connectivity index (χ4v) is 3.99. The zero-order valence-corrected chi connectivity index (χ0v) is 17.2. The number of fused-ring (bicyclic) bond motifs is 4. The largest absolute Gasteiger partial charge is 0.494 e. The van der Waals surface area contributed by atoms with Crippen LogP contribution < -0.4 is 18.8 Å². The number of nitrogens with zero attached hydrogens (tertiary/aromatic N) is 1. The Hall–Kier alpha value is -2.75. The van der Waals surface area contributed by atoms with Crippen molar-refractivity contribution in [1.82, 2.24) is 0 Å². The lowest BCUT2D eigenvalue weighted by atomic mass is 9.93. The van der Waals surface area contributed by atoms with Crippen molar-refractivity contribution >= 4 is 10.8 Å². The van der Waals surface area contributed by atoms with Gasteiger partial charge in [-0.1, -0.05) is 13.0 Å². The zero-order chi connectivity index (χ0) is 19.7. The van der Waals surface area contributed by atoms with Crippen molar-refractivity contribution < 1.29 is 18.8 Å². The molecule has 1 aliphatic heterocycles. The van der Waals surface area contributed by atoms with E-state index in [-0.39, 0.29) is 0 Å². The minimum Gasteiger partial charge on any atom is -0.494 e. The van der Waals surface area contributed by atoms with Crippen molar-refractivity contribution in [2.45, 2.75) is 40.2 Å². The number of ether oxygens (including phenoxy) is 3. The lowest BCUT2D eigenvalue weighted by molar-refractivity contribution is -0.686. The Morgan fingerprint density at radius 1 is 1.04 bits per heavy atom. The lowest BCUT2D eigenvalue weighted by Crippen LogP contribution is -2.40. The monoisotopic (exact) mass is 378 g/mol. The van der Waals surface area contributed by atoms with Gasteiger partial charge in [0.2, 0.25) is 5.69 Å². The van der Waals surface area contributed by atoms with Gasteiger partial charge in [-0.25, -0.2) is 0 Å². The minimum atomic E-state index is 0.676. The molecule has 2 heterocycles. The fraction of sp³-hybridized carbons (Fsp3) is 0.375. The molecule has 0 spiro atoms. The molecule has 0 saturated heterocycles. The first kappa shape index (κ1) is 18.6. The van der Waals surface area contributed by atoms with Crippen LogP contribution in [0.3, 0.4) is 0 Å². The molecule has 28 heavy (non-hydrogen) atoms. The van der Waals surface area contributed by atoms with E-state index in [4.69, 9.17) is 14.2 Å². The van der Waals surface area contributed by atoms with Crippen LogP contribution in [0.4, 0.5) is 0 Å². The summed E-state index contributed by atoms with van der Waals surface area (Å²) < 4.78 is 19.8. The van der Waals surface area contributed by atoms with Crippen LogP contribution in [0.2, 0.25) is 0 Å². The average molecular weight is 378 g/mol. The highest BCUT2D eigenvalue weighted by molar-refractivity contribution is 5.91. The van der Waals surface area contributed by atoms with Crippen LogP contribution in [0.15, 0.2) is 36.5 Å². The van der Waals surface area contributed by atoms with E-state index >= 15 is 0 Å². The topological polar surface area (TPSA) is 31.6 Å². The number of pyridine rings is 1. The smallest absolute Gasteiger partial charge is 0.213 e. The third-order valence-corrected chi connectivity index (χ3v) is 5.35. The van der Waals surface area contributed by atoms with Crippen LogP contribution >= 0.6 is 0 Å². The van der Waals surface area contributed by atoms with Gasteiger partial charge >= 0.3 is 0 Å². The number of methoxy groups -OCH3 is 1. The second-order valence-electron chi connectivity index (χ2n) is 7.26. The highest BCUT2D eigenvalue weighted by Gasteiger charge is 2.26. The molecule has 0 saturated carbocycles. The van der Waals surface area contributed by atoms with E-state index in [1.54, 1.807) is 7.11 Å². The molecule has 4 nitrogen and oxygen atoms in total. The van der Waals surface area contributed by atoms with Crippen molar-refractivity contribution in [1.29, 1.82) is 0 Å². The number of aryl methyl sites for hydroxylation is 3. The maximum absolute atomic E-state index is 6.06. The van der Waals surface area contributed by atoms with Gasteiger partial charge in [0.05, 0.1) is 31.3 Å². The average Bonchev–Trinajstić information content (AvgIpc) is 2.71. The molecule has 0 radical (unpaired) electrons. The van der Waals surface area contributed by atoms with Gasteiger partial charge in [0.1, 0.15) is 5.75 Å². The number of aromatic nitrogens is 1. The summed E-state index contributed by atoms with van der Waals surface area (Å²) >= 11 is 0. The summed E-state index contributed by atoms with van der Waals surface area (Å²) in [7, 11) is 1.69. The van der Waals surface area contributed by atoms with Crippen LogP contribution in [0.1, 0.15) is 31.4 Å². The predicted molar refractivity (Wildman–Crippen MR) is 112 cm³/mol. The normalized spacial score (nSPS) is 12.4. The van der Waals surface area contributed by atoms with Gasteiger partial charge in [-0.05, 0) is 55.0 Å². The van der Waals surface area contributed by atoms with E-state index in [0.29, 0.717) is 13.2 Å². The Morgan fingerprint density at radius 3 is 2.64 bits per heavy atom. The number of rotatable bonds is 6. The van der Waals surface area contributed by atoms with Crippen LogP contribution in [-0.4, -0.2) is 20.3 Å². The van der Waals surface area contributed by atoms with E-state index in [9.17, 15) is 0 Å². The van der Waals surface area contributed by atoms with E-state index in [0.717, 1.165) is 47.4 Å². The number of hydrogen-bond donors (Lipinski definition) is 0. The van der Waals surface area contributed by atoms with Crippen LogP contribution in [-0.2, 0) is 13.0 Å². The molecule has 1 aromatic heterocycles. The van der Waals surface area contributed by atoms with Crippen molar-refractivity contribution in [3.63, 3.8) is 0 Å². The Labute approximate surface area is 166 Å². The Balaban J connectivity index is 1.89.